The third-order valence-corrected chi connectivity index (χ3v) is 6.83. The first-order chi connectivity index (χ1) is 16.4. The first kappa shape index (κ1) is 23.4. The van der Waals surface area contributed by atoms with Crippen LogP contribution in [0.25, 0.3) is 11.4 Å². The third kappa shape index (κ3) is 4.03. The number of pyridine rings is 1. The van der Waals surface area contributed by atoms with Crippen LogP contribution in [0, 0.1) is 0 Å². The highest BCUT2D eigenvalue weighted by Crippen LogP contribution is 2.45. The van der Waals surface area contributed by atoms with Crippen LogP contribution in [-0.2, 0) is 19.1 Å². The molecule has 3 unspecified atom stereocenters. The number of anilines is 1. The number of esters is 2. The van der Waals surface area contributed by atoms with Crippen molar-refractivity contribution in [2.45, 2.75) is 31.3 Å². The molecule has 0 bridgehead atoms. The largest absolute Gasteiger partial charge is 0.467 e. The fraction of sp³-hybridized carbons (Fsp3) is 0.280. The number of carbonyl (C=O) groups excluding carboxylic acids is 2. The lowest BCUT2D eigenvalue weighted by Crippen LogP contribution is -2.66. The molecule has 0 radical (unpaired) electrons. The SMILES string of the molecule is COC(=O)C1=C(C)NC(C)C(Nc2nc(-c3ccccn3)cs2)(C(=O)OC)C1c1ccccc1. The van der Waals surface area contributed by atoms with Crippen molar-refractivity contribution in [1.82, 2.24) is 15.3 Å². The van der Waals surface area contributed by atoms with Gasteiger partial charge < -0.3 is 20.1 Å². The summed E-state index contributed by atoms with van der Waals surface area (Å²) in [6, 6.07) is 14.5. The Morgan fingerprint density at radius 3 is 2.44 bits per heavy atom. The van der Waals surface area contributed by atoms with Gasteiger partial charge in [0.1, 0.15) is 5.69 Å². The second-order valence-corrected chi connectivity index (χ2v) is 8.84. The van der Waals surface area contributed by atoms with Crippen molar-refractivity contribution in [3.8, 4) is 11.4 Å². The number of nitrogens with one attached hydrogen (secondary N) is 2. The highest BCUT2D eigenvalue weighted by molar-refractivity contribution is 7.14. The summed E-state index contributed by atoms with van der Waals surface area (Å²) in [5.74, 6) is -1.74. The molecule has 0 spiro atoms. The van der Waals surface area contributed by atoms with Crippen LogP contribution < -0.4 is 10.6 Å². The number of benzene rings is 1. The number of thiazole rings is 1. The summed E-state index contributed by atoms with van der Waals surface area (Å²) in [4.78, 5) is 35.6. The van der Waals surface area contributed by atoms with E-state index < -0.39 is 29.4 Å². The van der Waals surface area contributed by atoms with Crippen molar-refractivity contribution in [3.63, 3.8) is 0 Å². The summed E-state index contributed by atoms with van der Waals surface area (Å²) in [5, 5.41) is 9.03. The number of carbonyl (C=O) groups is 2. The molecule has 34 heavy (non-hydrogen) atoms. The average Bonchev–Trinajstić information content (AvgIpc) is 3.34. The minimum Gasteiger partial charge on any atom is -0.467 e. The third-order valence-electron chi connectivity index (χ3n) is 6.07. The van der Waals surface area contributed by atoms with Crippen molar-refractivity contribution in [3.05, 3.63) is 76.9 Å². The number of methoxy groups -OCH3 is 2. The molecule has 3 atom stereocenters. The molecule has 4 rings (SSSR count). The smallest absolute Gasteiger partial charge is 0.336 e. The van der Waals surface area contributed by atoms with E-state index in [4.69, 9.17) is 9.47 Å². The van der Waals surface area contributed by atoms with Crippen LogP contribution in [0.15, 0.2) is 71.4 Å². The van der Waals surface area contributed by atoms with E-state index in [1.165, 1.54) is 25.6 Å². The molecule has 3 heterocycles. The molecule has 0 fully saturated rings. The van der Waals surface area contributed by atoms with E-state index in [1.54, 1.807) is 6.20 Å². The fourth-order valence-electron chi connectivity index (χ4n) is 4.50. The van der Waals surface area contributed by atoms with E-state index in [0.29, 0.717) is 22.1 Å². The molecule has 8 nitrogen and oxygen atoms in total. The topological polar surface area (TPSA) is 102 Å². The van der Waals surface area contributed by atoms with Crippen LogP contribution in [-0.4, -0.2) is 47.7 Å². The maximum Gasteiger partial charge on any atom is 0.336 e. The zero-order valence-corrected chi connectivity index (χ0v) is 20.2. The molecule has 2 aromatic heterocycles. The van der Waals surface area contributed by atoms with Gasteiger partial charge in [-0.05, 0) is 31.5 Å². The summed E-state index contributed by atoms with van der Waals surface area (Å²) < 4.78 is 10.5. The van der Waals surface area contributed by atoms with Gasteiger partial charge in [0.15, 0.2) is 10.7 Å². The molecule has 176 valence electrons. The number of aromatic nitrogens is 2. The number of ether oxygens (including phenoxy) is 2. The van der Waals surface area contributed by atoms with Crippen molar-refractivity contribution in [2.75, 3.05) is 19.5 Å². The van der Waals surface area contributed by atoms with E-state index >= 15 is 0 Å². The number of nitrogens with zero attached hydrogens (tertiary/aromatic N) is 2. The second kappa shape index (κ2) is 9.64. The molecule has 0 saturated heterocycles. The highest BCUT2D eigenvalue weighted by Gasteiger charge is 2.58. The summed E-state index contributed by atoms with van der Waals surface area (Å²) >= 11 is 1.35. The molecule has 1 aromatic carbocycles. The minimum absolute atomic E-state index is 0.353. The van der Waals surface area contributed by atoms with E-state index in [1.807, 2.05) is 67.8 Å². The molecule has 1 aliphatic heterocycles. The lowest BCUT2D eigenvalue weighted by Gasteiger charge is -2.47. The summed E-state index contributed by atoms with van der Waals surface area (Å²) in [6.07, 6.45) is 1.70. The first-order valence-electron chi connectivity index (χ1n) is 10.8. The van der Waals surface area contributed by atoms with Crippen LogP contribution in [0.5, 0.6) is 0 Å². The van der Waals surface area contributed by atoms with Gasteiger partial charge in [-0.3, -0.25) is 4.98 Å². The van der Waals surface area contributed by atoms with Crippen molar-refractivity contribution >= 4 is 28.4 Å². The predicted octanol–water partition coefficient (Wildman–Crippen LogP) is 3.75. The Morgan fingerprint density at radius 1 is 1.06 bits per heavy atom. The monoisotopic (exact) mass is 478 g/mol. The maximum atomic E-state index is 13.6. The Bertz CT molecular complexity index is 1210. The average molecular weight is 479 g/mol. The van der Waals surface area contributed by atoms with E-state index in [2.05, 4.69) is 20.6 Å². The van der Waals surface area contributed by atoms with Gasteiger partial charge in [0, 0.05) is 17.3 Å². The van der Waals surface area contributed by atoms with E-state index in [-0.39, 0.29) is 0 Å². The number of rotatable bonds is 6. The van der Waals surface area contributed by atoms with Crippen molar-refractivity contribution in [1.29, 1.82) is 0 Å². The Kier molecular flexibility index (Phi) is 6.65. The summed E-state index contributed by atoms with van der Waals surface area (Å²) in [7, 11) is 2.67. The summed E-state index contributed by atoms with van der Waals surface area (Å²) in [5.41, 5.74) is 1.78. The number of hydrogen-bond acceptors (Lipinski definition) is 9. The quantitative estimate of drug-likeness (QED) is 0.517. The molecular weight excluding hydrogens is 452 g/mol. The van der Waals surface area contributed by atoms with E-state index in [0.717, 1.165) is 11.3 Å². The molecule has 1 aliphatic rings. The zero-order chi connectivity index (χ0) is 24.3. The molecule has 2 N–H and O–H groups in total. The van der Waals surface area contributed by atoms with Gasteiger partial charge in [0.25, 0.3) is 0 Å². The number of hydrogen-bond donors (Lipinski definition) is 2. The number of allylic oxidation sites excluding steroid dienone is 1. The van der Waals surface area contributed by atoms with Gasteiger partial charge in [-0.2, -0.15) is 0 Å². The maximum absolute atomic E-state index is 13.6. The summed E-state index contributed by atoms with van der Waals surface area (Å²) in [6.45, 7) is 3.69. The Morgan fingerprint density at radius 2 is 1.79 bits per heavy atom. The molecule has 0 aliphatic carbocycles. The van der Waals surface area contributed by atoms with Gasteiger partial charge in [-0.25, -0.2) is 14.6 Å². The van der Waals surface area contributed by atoms with Crippen LogP contribution in [0.2, 0.25) is 0 Å². The Balaban J connectivity index is 1.89. The van der Waals surface area contributed by atoms with Crippen LogP contribution in [0.3, 0.4) is 0 Å². The van der Waals surface area contributed by atoms with Gasteiger partial charge in [-0.1, -0.05) is 36.4 Å². The first-order valence-corrected chi connectivity index (χ1v) is 11.6. The molecule has 0 amide bonds. The standard InChI is InChI=1S/C25H26N4O4S/c1-15-20(22(30)32-3)21(17-10-6-5-7-11-17)25(16(2)27-15,23(31)33-4)29-24-28-19(14-34-24)18-12-8-9-13-26-18/h5-14,16,21,27H,1-4H3,(H,28,29). The van der Waals surface area contributed by atoms with Crippen LogP contribution >= 0.6 is 11.3 Å². The van der Waals surface area contributed by atoms with Gasteiger partial charge in [0.05, 0.1) is 37.4 Å². The van der Waals surface area contributed by atoms with Crippen LogP contribution in [0.1, 0.15) is 25.3 Å². The minimum atomic E-state index is -1.39. The zero-order valence-electron chi connectivity index (χ0n) is 19.4. The molecule has 9 heteroatoms. The van der Waals surface area contributed by atoms with Crippen LogP contribution in [0.4, 0.5) is 5.13 Å². The van der Waals surface area contributed by atoms with Crippen molar-refractivity contribution in [2.24, 2.45) is 0 Å². The highest BCUT2D eigenvalue weighted by atomic mass is 32.1. The lowest BCUT2D eigenvalue weighted by molar-refractivity contribution is -0.148. The molecule has 0 saturated carbocycles. The lowest BCUT2D eigenvalue weighted by atomic mass is 9.68. The van der Waals surface area contributed by atoms with Crippen molar-refractivity contribution < 1.29 is 19.1 Å². The van der Waals surface area contributed by atoms with E-state index in [9.17, 15) is 9.59 Å². The fourth-order valence-corrected chi connectivity index (χ4v) is 5.28. The van der Waals surface area contributed by atoms with Gasteiger partial charge in [0.2, 0.25) is 0 Å². The molecule has 3 aromatic rings. The molecular formula is C25H26N4O4S. The normalized spacial score (nSPS) is 22.0. The second-order valence-electron chi connectivity index (χ2n) is 7.98. The Hall–Kier alpha value is -3.72. The predicted molar refractivity (Wildman–Crippen MR) is 130 cm³/mol. The van der Waals surface area contributed by atoms with Gasteiger partial charge >= 0.3 is 11.9 Å². The Labute approximate surface area is 202 Å². The van der Waals surface area contributed by atoms with Gasteiger partial charge in [-0.15, -0.1) is 11.3 Å².